The van der Waals surface area contributed by atoms with Crippen molar-refractivity contribution in [1.29, 1.82) is 0 Å². The van der Waals surface area contributed by atoms with E-state index in [0.29, 0.717) is 37.0 Å². The Morgan fingerprint density at radius 2 is 2.07 bits per heavy atom. The van der Waals surface area contributed by atoms with Crippen LogP contribution in [0.3, 0.4) is 0 Å². The molecule has 8 heteroatoms. The lowest BCUT2D eigenvalue weighted by atomic mass is 9.98. The van der Waals surface area contributed by atoms with Gasteiger partial charge in [0.1, 0.15) is 5.75 Å². The van der Waals surface area contributed by atoms with Crippen molar-refractivity contribution >= 4 is 17.5 Å². The predicted molar refractivity (Wildman–Crippen MR) is 101 cm³/mol. The molecule has 2 amide bonds. The summed E-state index contributed by atoms with van der Waals surface area (Å²) in [5, 5.41) is 3.84. The molecule has 0 N–H and O–H groups in total. The van der Waals surface area contributed by atoms with Crippen LogP contribution < -0.4 is 9.64 Å². The maximum absolute atomic E-state index is 12.6. The lowest BCUT2D eigenvalue weighted by Gasteiger charge is -2.31. The number of rotatable bonds is 5. The van der Waals surface area contributed by atoms with E-state index in [-0.39, 0.29) is 24.3 Å². The number of likely N-dealkylation sites (tertiary alicyclic amines) is 1. The SMILES string of the molecule is Cc1noc([C@@H]2CCCN(C(=O)COc3ccc(N4CCCC4=O)cc3)C2)n1. The molecule has 8 nitrogen and oxygen atoms in total. The van der Waals surface area contributed by atoms with Crippen LogP contribution in [0.25, 0.3) is 0 Å². The summed E-state index contributed by atoms with van der Waals surface area (Å²) >= 11 is 0. The first-order valence-corrected chi connectivity index (χ1v) is 9.71. The van der Waals surface area contributed by atoms with Crippen molar-refractivity contribution in [3.63, 3.8) is 0 Å². The van der Waals surface area contributed by atoms with E-state index in [1.165, 1.54) is 0 Å². The summed E-state index contributed by atoms with van der Waals surface area (Å²) in [5.74, 6) is 2.00. The zero-order valence-corrected chi connectivity index (χ0v) is 16.0. The Hall–Kier alpha value is -2.90. The normalized spacial score (nSPS) is 19.9. The minimum Gasteiger partial charge on any atom is -0.484 e. The molecular formula is C20H24N4O4. The molecule has 1 atom stereocenters. The fraction of sp³-hybridized carbons (Fsp3) is 0.500. The molecule has 2 aromatic rings. The molecule has 0 radical (unpaired) electrons. The highest BCUT2D eigenvalue weighted by atomic mass is 16.5. The third kappa shape index (κ3) is 4.00. The molecule has 2 saturated heterocycles. The Kier molecular flexibility index (Phi) is 5.27. The summed E-state index contributed by atoms with van der Waals surface area (Å²) in [4.78, 5) is 32.2. The predicted octanol–water partition coefficient (Wildman–Crippen LogP) is 2.29. The molecular weight excluding hydrogens is 360 g/mol. The van der Waals surface area contributed by atoms with E-state index < -0.39 is 0 Å². The van der Waals surface area contributed by atoms with Gasteiger partial charge >= 0.3 is 0 Å². The number of carbonyl (C=O) groups is 2. The Labute approximate surface area is 163 Å². The van der Waals surface area contributed by atoms with Gasteiger partial charge in [-0.1, -0.05) is 5.16 Å². The number of aryl methyl sites for hydroxylation is 1. The van der Waals surface area contributed by atoms with Crippen LogP contribution in [-0.2, 0) is 9.59 Å². The van der Waals surface area contributed by atoms with Crippen LogP contribution in [0.15, 0.2) is 28.8 Å². The quantitative estimate of drug-likeness (QED) is 0.786. The fourth-order valence-corrected chi connectivity index (χ4v) is 3.76. The molecule has 3 heterocycles. The first-order chi connectivity index (χ1) is 13.6. The number of piperidine rings is 1. The van der Waals surface area contributed by atoms with Crippen molar-refractivity contribution < 1.29 is 18.8 Å². The monoisotopic (exact) mass is 384 g/mol. The zero-order valence-electron chi connectivity index (χ0n) is 16.0. The second-order valence-corrected chi connectivity index (χ2v) is 7.29. The van der Waals surface area contributed by atoms with E-state index >= 15 is 0 Å². The molecule has 2 aliphatic rings. The van der Waals surface area contributed by atoms with Gasteiger partial charge in [0.25, 0.3) is 5.91 Å². The Morgan fingerprint density at radius 3 is 2.75 bits per heavy atom. The molecule has 148 valence electrons. The van der Waals surface area contributed by atoms with Crippen molar-refractivity contribution in [2.75, 3.05) is 31.1 Å². The maximum atomic E-state index is 12.6. The summed E-state index contributed by atoms with van der Waals surface area (Å²) in [6.07, 6.45) is 3.33. The van der Waals surface area contributed by atoms with Gasteiger partial charge in [-0.3, -0.25) is 9.59 Å². The van der Waals surface area contributed by atoms with Gasteiger partial charge in [-0.05, 0) is 50.5 Å². The van der Waals surface area contributed by atoms with Crippen LogP contribution >= 0.6 is 0 Å². The van der Waals surface area contributed by atoms with E-state index in [9.17, 15) is 9.59 Å². The van der Waals surface area contributed by atoms with Crippen LogP contribution in [0.5, 0.6) is 5.75 Å². The van der Waals surface area contributed by atoms with Crippen LogP contribution in [0.2, 0.25) is 0 Å². The molecule has 4 rings (SSSR count). The van der Waals surface area contributed by atoms with Gasteiger partial charge in [0.2, 0.25) is 11.8 Å². The summed E-state index contributed by atoms with van der Waals surface area (Å²) in [5.41, 5.74) is 0.870. The number of ether oxygens (including phenoxy) is 1. The largest absolute Gasteiger partial charge is 0.484 e. The van der Waals surface area contributed by atoms with E-state index in [1.54, 1.807) is 28.9 Å². The standard InChI is InChI=1S/C20H24N4O4/c1-14-21-20(28-22-14)15-4-2-10-23(12-15)19(26)13-27-17-8-6-16(7-9-17)24-11-3-5-18(24)25/h6-9,15H,2-5,10-13H2,1H3/t15-/m1/s1. The zero-order chi connectivity index (χ0) is 19.5. The Balaban J connectivity index is 1.30. The summed E-state index contributed by atoms with van der Waals surface area (Å²) in [7, 11) is 0. The minimum absolute atomic E-state index is 0.0163. The average Bonchev–Trinajstić information content (AvgIpc) is 3.35. The lowest BCUT2D eigenvalue weighted by Crippen LogP contribution is -2.41. The second kappa shape index (κ2) is 8.00. The van der Waals surface area contributed by atoms with Gasteiger partial charge in [-0.2, -0.15) is 4.98 Å². The number of hydrogen-bond acceptors (Lipinski definition) is 6. The number of nitrogens with zero attached hydrogens (tertiary/aromatic N) is 4. The van der Waals surface area contributed by atoms with E-state index in [4.69, 9.17) is 9.26 Å². The number of aromatic nitrogens is 2. The van der Waals surface area contributed by atoms with Crippen molar-refractivity contribution in [3.05, 3.63) is 36.0 Å². The number of anilines is 1. The van der Waals surface area contributed by atoms with Crippen molar-refractivity contribution in [3.8, 4) is 5.75 Å². The smallest absolute Gasteiger partial charge is 0.260 e. The first kappa shape index (κ1) is 18.5. The second-order valence-electron chi connectivity index (χ2n) is 7.29. The van der Waals surface area contributed by atoms with Gasteiger partial charge in [0.15, 0.2) is 12.4 Å². The molecule has 0 unspecified atom stereocenters. The Morgan fingerprint density at radius 1 is 1.25 bits per heavy atom. The topological polar surface area (TPSA) is 88.8 Å². The highest BCUT2D eigenvalue weighted by molar-refractivity contribution is 5.95. The molecule has 0 bridgehead atoms. The van der Waals surface area contributed by atoms with Crippen LogP contribution in [0.4, 0.5) is 5.69 Å². The van der Waals surface area contributed by atoms with Crippen LogP contribution in [0.1, 0.15) is 43.3 Å². The summed E-state index contributed by atoms with van der Waals surface area (Å²) in [6, 6.07) is 7.32. The number of benzene rings is 1. The van der Waals surface area contributed by atoms with Crippen LogP contribution in [0, 0.1) is 6.92 Å². The molecule has 0 spiro atoms. The number of carbonyl (C=O) groups excluding carboxylic acids is 2. The van der Waals surface area contributed by atoms with E-state index in [2.05, 4.69) is 10.1 Å². The number of amides is 2. The van der Waals surface area contributed by atoms with Gasteiger partial charge < -0.3 is 19.1 Å². The fourth-order valence-electron chi connectivity index (χ4n) is 3.76. The lowest BCUT2D eigenvalue weighted by molar-refractivity contribution is -0.134. The van der Waals surface area contributed by atoms with Gasteiger partial charge in [-0.15, -0.1) is 0 Å². The third-order valence-electron chi connectivity index (χ3n) is 5.25. The molecule has 0 aliphatic carbocycles. The average molecular weight is 384 g/mol. The van der Waals surface area contributed by atoms with Crippen molar-refractivity contribution in [2.24, 2.45) is 0 Å². The molecule has 1 aromatic heterocycles. The highest BCUT2D eigenvalue weighted by Gasteiger charge is 2.28. The van der Waals surface area contributed by atoms with Crippen molar-refractivity contribution in [1.82, 2.24) is 15.0 Å². The van der Waals surface area contributed by atoms with Crippen molar-refractivity contribution in [2.45, 2.75) is 38.5 Å². The minimum atomic E-state index is -0.0558. The molecule has 1 aromatic carbocycles. The number of hydrogen-bond donors (Lipinski definition) is 0. The van der Waals surface area contributed by atoms with Gasteiger partial charge in [-0.25, -0.2) is 0 Å². The van der Waals surface area contributed by atoms with E-state index in [1.807, 2.05) is 12.1 Å². The molecule has 2 aliphatic heterocycles. The molecule has 2 fully saturated rings. The maximum Gasteiger partial charge on any atom is 0.260 e. The summed E-state index contributed by atoms with van der Waals surface area (Å²) < 4.78 is 10.9. The van der Waals surface area contributed by atoms with E-state index in [0.717, 1.165) is 31.5 Å². The van der Waals surface area contributed by atoms with Gasteiger partial charge in [0.05, 0.1) is 5.92 Å². The molecule has 28 heavy (non-hydrogen) atoms. The summed E-state index contributed by atoms with van der Waals surface area (Å²) in [6.45, 7) is 3.81. The highest BCUT2D eigenvalue weighted by Crippen LogP contribution is 2.26. The third-order valence-corrected chi connectivity index (χ3v) is 5.25. The Bertz CT molecular complexity index is 848. The van der Waals surface area contributed by atoms with Crippen LogP contribution in [-0.4, -0.2) is 53.1 Å². The molecule has 0 saturated carbocycles. The first-order valence-electron chi connectivity index (χ1n) is 9.71. The van der Waals surface area contributed by atoms with Gasteiger partial charge in [0, 0.05) is 31.7 Å².